The van der Waals surface area contributed by atoms with Crippen LogP contribution in [0.15, 0.2) is 42.7 Å². The summed E-state index contributed by atoms with van der Waals surface area (Å²) in [5.41, 5.74) is 3.38. The van der Waals surface area contributed by atoms with Crippen LogP contribution in [0.25, 0.3) is 10.9 Å². The smallest absolute Gasteiger partial charge is 0.224 e. The number of nitrogens with zero attached hydrogens (tertiary/aromatic N) is 4. The van der Waals surface area contributed by atoms with Crippen LogP contribution >= 0.6 is 0 Å². The van der Waals surface area contributed by atoms with Gasteiger partial charge in [0, 0.05) is 63.2 Å². The summed E-state index contributed by atoms with van der Waals surface area (Å²) in [7, 11) is 3.53. The molecule has 0 bridgehead atoms. The van der Waals surface area contributed by atoms with Crippen molar-refractivity contribution >= 4 is 16.8 Å². The summed E-state index contributed by atoms with van der Waals surface area (Å²) >= 11 is 0. The summed E-state index contributed by atoms with van der Waals surface area (Å²) in [4.78, 5) is 14.7. The molecule has 0 radical (unpaired) electrons. The Morgan fingerprint density at radius 2 is 2.12 bits per heavy atom. The molecule has 2 aromatic heterocycles. The topological polar surface area (TPSA) is 52.3 Å². The van der Waals surface area contributed by atoms with Crippen molar-refractivity contribution in [3.8, 4) is 0 Å². The Morgan fingerprint density at radius 1 is 1.31 bits per heavy atom. The third kappa shape index (κ3) is 4.14. The molecule has 0 saturated heterocycles. The number of aromatic nitrogens is 3. The third-order valence-electron chi connectivity index (χ3n) is 4.62. The van der Waals surface area contributed by atoms with E-state index in [2.05, 4.69) is 34.8 Å². The quantitative estimate of drug-likeness (QED) is 0.625. The molecule has 6 heteroatoms. The molecule has 0 saturated carbocycles. The zero-order valence-corrected chi connectivity index (χ0v) is 15.7. The predicted molar refractivity (Wildman–Crippen MR) is 102 cm³/mol. The molecule has 26 heavy (non-hydrogen) atoms. The van der Waals surface area contributed by atoms with E-state index in [0.717, 1.165) is 5.56 Å². The molecule has 0 aliphatic rings. The molecule has 138 valence electrons. The molecule has 0 aliphatic heterocycles. The number of aryl methyl sites for hydroxylation is 3. The molecule has 2 heterocycles. The number of fused-ring (bicyclic) bond motifs is 1. The molecule has 0 fully saturated rings. The number of benzene rings is 1. The first-order valence-electron chi connectivity index (χ1n) is 8.87. The van der Waals surface area contributed by atoms with Crippen LogP contribution in [-0.2, 0) is 29.7 Å². The SMILES string of the molecule is COCCN(Cc1cnn(C)c1)C(=O)CCn1c(C)cc2ccccc21. The maximum atomic E-state index is 12.8. The average molecular weight is 354 g/mol. The summed E-state index contributed by atoms with van der Waals surface area (Å²) in [6, 6.07) is 10.4. The van der Waals surface area contributed by atoms with Crippen molar-refractivity contribution in [2.24, 2.45) is 7.05 Å². The number of rotatable bonds is 8. The molecule has 1 amide bonds. The van der Waals surface area contributed by atoms with Crippen LogP contribution in [0.1, 0.15) is 17.7 Å². The Kier molecular flexibility index (Phi) is 5.73. The molecule has 3 rings (SSSR count). The van der Waals surface area contributed by atoms with E-state index in [9.17, 15) is 4.79 Å². The minimum atomic E-state index is 0.128. The van der Waals surface area contributed by atoms with E-state index in [1.165, 1.54) is 16.6 Å². The summed E-state index contributed by atoms with van der Waals surface area (Å²) in [5.74, 6) is 0.128. The number of hydrogen-bond acceptors (Lipinski definition) is 3. The lowest BCUT2D eigenvalue weighted by Crippen LogP contribution is -2.34. The highest BCUT2D eigenvalue weighted by molar-refractivity contribution is 5.81. The zero-order valence-electron chi connectivity index (χ0n) is 15.7. The molecular formula is C20H26N4O2. The van der Waals surface area contributed by atoms with Crippen molar-refractivity contribution in [1.82, 2.24) is 19.2 Å². The van der Waals surface area contributed by atoms with E-state index in [-0.39, 0.29) is 5.91 Å². The first kappa shape index (κ1) is 18.2. The van der Waals surface area contributed by atoms with E-state index < -0.39 is 0 Å². The van der Waals surface area contributed by atoms with Crippen LogP contribution in [0.2, 0.25) is 0 Å². The van der Waals surface area contributed by atoms with Crippen molar-refractivity contribution in [2.75, 3.05) is 20.3 Å². The second-order valence-electron chi connectivity index (χ2n) is 6.58. The van der Waals surface area contributed by atoms with Gasteiger partial charge in [0.25, 0.3) is 0 Å². The minimum absolute atomic E-state index is 0.128. The second kappa shape index (κ2) is 8.19. The van der Waals surface area contributed by atoms with Gasteiger partial charge >= 0.3 is 0 Å². The van der Waals surface area contributed by atoms with Gasteiger partial charge in [-0.25, -0.2) is 0 Å². The van der Waals surface area contributed by atoms with Gasteiger partial charge in [0.05, 0.1) is 12.8 Å². The molecule has 6 nitrogen and oxygen atoms in total. The highest BCUT2D eigenvalue weighted by Crippen LogP contribution is 2.19. The van der Waals surface area contributed by atoms with Crippen LogP contribution in [0.3, 0.4) is 0 Å². The van der Waals surface area contributed by atoms with E-state index in [4.69, 9.17) is 4.74 Å². The fraction of sp³-hybridized carbons (Fsp3) is 0.400. The summed E-state index contributed by atoms with van der Waals surface area (Å²) < 4.78 is 9.14. The molecular weight excluding hydrogens is 328 g/mol. The Balaban J connectivity index is 1.69. The Morgan fingerprint density at radius 3 is 2.85 bits per heavy atom. The van der Waals surface area contributed by atoms with Gasteiger partial charge in [-0.15, -0.1) is 0 Å². The summed E-state index contributed by atoms with van der Waals surface area (Å²) in [6.45, 7) is 4.42. The number of ether oxygens (including phenoxy) is 1. The van der Waals surface area contributed by atoms with Gasteiger partial charge in [-0.05, 0) is 24.4 Å². The maximum Gasteiger partial charge on any atom is 0.224 e. The maximum absolute atomic E-state index is 12.8. The van der Waals surface area contributed by atoms with Crippen LogP contribution in [-0.4, -0.2) is 45.4 Å². The van der Waals surface area contributed by atoms with Crippen LogP contribution in [0.4, 0.5) is 0 Å². The van der Waals surface area contributed by atoms with Crippen molar-refractivity contribution < 1.29 is 9.53 Å². The second-order valence-corrected chi connectivity index (χ2v) is 6.58. The van der Waals surface area contributed by atoms with Gasteiger partial charge in [-0.2, -0.15) is 5.10 Å². The molecule has 0 N–H and O–H groups in total. The normalized spacial score (nSPS) is 11.2. The lowest BCUT2D eigenvalue weighted by Gasteiger charge is -2.22. The van der Waals surface area contributed by atoms with Gasteiger partial charge in [0.2, 0.25) is 5.91 Å². The Bertz CT molecular complexity index is 881. The Labute approximate surface area is 154 Å². The largest absolute Gasteiger partial charge is 0.383 e. The number of methoxy groups -OCH3 is 1. The van der Waals surface area contributed by atoms with Crippen molar-refractivity contribution in [3.05, 3.63) is 54.0 Å². The van der Waals surface area contributed by atoms with E-state index in [0.29, 0.717) is 32.7 Å². The van der Waals surface area contributed by atoms with Gasteiger partial charge in [0.1, 0.15) is 0 Å². The summed E-state index contributed by atoms with van der Waals surface area (Å²) in [5, 5.41) is 5.40. The van der Waals surface area contributed by atoms with Crippen molar-refractivity contribution in [2.45, 2.75) is 26.4 Å². The molecule has 1 aromatic carbocycles. The molecule has 0 unspecified atom stereocenters. The zero-order chi connectivity index (χ0) is 18.5. The Hall–Kier alpha value is -2.60. The third-order valence-corrected chi connectivity index (χ3v) is 4.62. The number of amides is 1. The van der Waals surface area contributed by atoms with Crippen LogP contribution < -0.4 is 0 Å². The molecule has 0 atom stereocenters. The fourth-order valence-corrected chi connectivity index (χ4v) is 3.28. The number of carbonyl (C=O) groups is 1. The lowest BCUT2D eigenvalue weighted by molar-refractivity contribution is -0.132. The van der Waals surface area contributed by atoms with Gasteiger partial charge in [-0.3, -0.25) is 9.48 Å². The number of carbonyl (C=O) groups excluding carboxylic acids is 1. The van der Waals surface area contributed by atoms with Crippen molar-refractivity contribution in [3.63, 3.8) is 0 Å². The van der Waals surface area contributed by atoms with Gasteiger partial charge in [-0.1, -0.05) is 18.2 Å². The highest BCUT2D eigenvalue weighted by atomic mass is 16.5. The van der Waals surface area contributed by atoms with Crippen molar-refractivity contribution in [1.29, 1.82) is 0 Å². The molecule has 0 aliphatic carbocycles. The average Bonchev–Trinajstić information content (AvgIpc) is 3.18. The van der Waals surface area contributed by atoms with Crippen LogP contribution in [0, 0.1) is 6.92 Å². The van der Waals surface area contributed by atoms with Crippen LogP contribution in [0.5, 0.6) is 0 Å². The fourth-order valence-electron chi connectivity index (χ4n) is 3.28. The van der Waals surface area contributed by atoms with E-state index in [1.807, 2.05) is 30.3 Å². The molecule has 0 spiro atoms. The minimum Gasteiger partial charge on any atom is -0.383 e. The van der Waals surface area contributed by atoms with E-state index in [1.54, 1.807) is 18.0 Å². The predicted octanol–water partition coefficient (Wildman–Crippen LogP) is 2.75. The van der Waals surface area contributed by atoms with E-state index >= 15 is 0 Å². The first-order chi connectivity index (χ1) is 12.6. The standard InChI is InChI=1S/C20H26N4O2/c1-16-12-18-6-4-5-7-19(18)24(16)9-8-20(25)23(10-11-26-3)15-17-13-21-22(2)14-17/h4-7,12-14H,8-11,15H2,1-3H3. The monoisotopic (exact) mass is 354 g/mol. The summed E-state index contributed by atoms with van der Waals surface area (Å²) in [6.07, 6.45) is 4.21. The molecule has 3 aromatic rings. The van der Waals surface area contributed by atoms with Gasteiger partial charge in [0.15, 0.2) is 0 Å². The lowest BCUT2D eigenvalue weighted by atomic mass is 10.2. The first-order valence-corrected chi connectivity index (χ1v) is 8.87. The highest BCUT2D eigenvalue weighted by Gasteiger charge is 2.16. The van der Waals surface area contributed by atoms with Gasteiger partial charge < -0.3 is 14.2 Å². The number of hydrogen-bond donors (Lipinski definition) is 0. The number of para-hydroxylation sites is 1.